The second kappa shape index (κ2) is 9.83. The molecule has 0 spiro atoms. The Balaban J connectivity index is 1.77. The number of aromatic nitrogens is 3. The minimum Gasteiger partial charge on any atom is -0.486 e. The van der Waals surface area contributed by atoms with E-state index in [-0.39, 0.29) is 24.1 Å². The SMILES string of the molecule is CCC(N=Cc1c(C)c(OCc2ccccc2)c(C(=O)O)n2ncnc12)c1ccc(Cl)cc1. The molecule has 1 N–H and O–H groups in total. The smallest absolute Gasteiger partial charge is 0.358 e. The lowest BCUT2D eigenvalue weighted by Gasteiger charge is -2.16. The van der Waals surface area contributed by atoms with Crippen molar-refractivity contribution >= 4 is 29.4 Å². The number of carboxylic acid groups (broad SMARTS) is 1. The van der Waals surface area contributed by atoms with Gasteiger partial charge in [0, 0.05) is 22.4 Å². The number of ether oxygens (including phenoxy) is 1. The van der Waals surface area contributed by atoms with Crippen molar-refractivity contribution in [1.29, 1.82) is 0 Å². The Morgan fingerprint density at radius 3 is 2.61 bits per heavy atom. The van der Waals surface area contributed by atoms with Gasteiger partial charge in [-0.05, 0) is 36.6 Å². The first-order chi connectivity index (χ1) is 16.0. The zero-order valence-corrected chi connectivity index (χ0v) is 19.0. The monoisotopic (exact) mass is 462 g/mol. The molecule has 4 aromatic rings. The van der Waals surface area contributed by atoms with Crippen molar-refractivity contribution in [2.45, 2.75) is 32.9 Å². The normalized spacial score (nSPS) is 12.3. The lowest BCUT2D eigenvalue weighted by atomic mass is 10.0. The molecule has 4 rings (SSSR count). The Morgan fingerprint density at radius 2 is 1.94 bits per heavy atom. The van der Waals surface area contributed by atoms with Crippen LogP contribution < -0.4 is 4.74 Å². The highest BCUT2D eigenvalue weighted by molar-refractivity contribution is 6.30. The summed E-state index contributed by atoms with van der Waals surface area (Å²) in [6.07, 6.45) is 3.84. The fourth-order valence-electron chi connectivity index (χ4n) is 3.68. The Morgan fingerprint density at radius 1 is 1.21 bits per heavy atom. The molecule has 0 aliphatic carbocycles. The fraction of sp³-hybridized carbons (Fsp3) is 0.200. The van der Waals surface area contributed by atoms with Gasteiger partial charge in [0.1, 0.15) is 12.9 Å². The zero-order chi connectivity index (χ0) is 23.4. The molecule has 1 atom stereocenters. The molecule has 0 aliphatic rings. The highest BCUT2D eigenvalue weighted by atomic mass is 35.5. The van der Waals surface area contributed by atoms with Gasteiger partial charge in [0.05, 0.1) is 6.04 Å². The molecule has 1 unspecified atom stereocenters. The molecule has 0 aliphatic heterocycles. The lowest BCUT2D eigenvalue weighted by molar-refractivity contribution is 0.0681. The van der Waals surface area contributed by atoms with E-state index in [1.54, 1.807) is 6.21 Å². The van der Waals surface area contributed by atoms with Crippen LogP contribution in [0, 0.1) is 6.92 Å². The number of hydrogen-bond donors (Lipinski definition) is 1. The molecule has 8 heteroatoms. The summed E-state index contributed by atoms with van der Waals surface area (Å²) in [6, 6.07) is 17.1. The molecule has 2 aromatic carbocycles. The van der Waals surface area contributed by atoms with Crippen molar-refractivity contribution in [2.24, 2.45) is 4.99 Å². The highest BCUT2D eigenvalue weighted by Crippen LogP contribution is 2.30. The average molecular weight is 463 g/mol. The number of hydrogen-bond acceptors (Lipinski definition) is 5. The molecule has 0 amide bonds. The maximum absolute atomic E-state index is 12.1. The van der Waals surface area contributed by atoms with Crippen LogP contribution in [-0.2, 0) is 6.61 Å². The number of nitrogens with zero attached hydrogens (tertiary/aromatic N) is 4. The molecule has 0 saturated carbocycles. The zero-order valence-electron chi connectivity index (χ0n) is 18.3. The van der Waals surface area contributed by atoms with Gasteiger partial charge < -0.3 is 9.84 Å². The number of carbonyl (C=O) groups is 1. The highest BCUT2D eigenvalue weighted by Gasteiger charge is 2.24. The van der Waals surface area contributed by atoms with Gasteiger partial charge in [0.2, 0.25) is 0 Å². The summed E-state index contributed by atoms with van der Waals surface area (Å²) in [6.45, 7) is 4.09. The minimum atomic E-state index is -1.15. The Kier molecular flexibility index (Phi) is 6.70. The first-order valence-electron chi connectivity index (χ1n) is 10.5. The molecule has 2 aromatic heterocycles. The van der Waals surface area contributed by atoms with Crippen LogP contribution in [-0.4, -0.2) is 31.9 Å². The van der Waals surface area contributed by atoms with Crippen LogP contribution in [0.1, 0.15) is 52.1 Å². The van der Waals surface area contributed by atoms with Crippen LogP contribution in [0.3, 0.4) is 0 Å². The first kappa shape index (κ1) is 22.5. The largest absolute Gasteiger partial charge is 0.486 e. The van der Waals surface area contributed by atoms with E-state index in [2.05, 4.69) is 17.0 Å². The molecule has 2 heterocycles. The van der Waals surface area contributed by atoms with Crippen LogP contribution in [0.4, 0.5) is 0 Å². The summed E-state index contributed by atoms with van der Waals surface area (Å²) < 4.78 is 7.31. The topological polar surface area (TPSA) is 89.1 Å². The standard InChI is InChI=1S/C25H23ClN4O3/c1-3-21(18-9-11-19(26)12-10-18)27-13-20-16(2)23(33-14-17-7-5-4-6-8-17)22(25(31)32)30-24(20)28-15-29-30/h4-13,15,21H,3,14H2,1-2H3,(H,31,32). The Hall–Kier alpha value is -3.71. The van der Waals surface area contributed by atoms with Gasteiger partial charge in [0.15, 0.2) is 17.1 Å². The van der Waals surface area contributed by atoms with E-state index in [0.29, 0.717) is 21.8 Å². The molecule has 7 nitrogen and oxygen atoms in total. The van der Waals surface area contributed by atoms with Gasteiger partial charge in [0.25, 0.3) is 0 Å². The van der Waals surface area contributed by atoms with Crippen molar-refractivity contribution in [3.05, 3.63) is 93.9 Å². The fourth-order valence-corrected chi connectivity index (χ4v) is 3.80. The van der Waals surface area contributed by atoms with Gasteiger partial charge in [-0.15, -0.1) is 0 Å². The molecule has 168 valence electrons. The predicted octanol–water partition coefficient (Wildman–Crippen LogP) is 5.54. The molecule has 0 fully saturated rings. The summed E-state index contributed by atoms with van der Waals surface area (Å²) in [5.41, 5.74) is 3.60. The van der Waals surface area contributed by atoms with Crippen molar-refractivity contribution < 1.29 is 14.6 Å². The number of carboxylic acids is 1. The van der Waals surface area contributed by atoms with Crippen molar-refractivity contribution in [1.82, 2.24) is 14.6 Å². The number of fused-ring (bicyclic) bond motifs is 1. The number of aliphatic imine (C=N–C) groups is 1. The van der Waals surface area contributed by atoms with Crippen LogP contribution in [0.2, 0.25) is 5.02 Å². The third-order valence-corrected chi connectivity index (χ3v) is 5.67. The van der Waals surface area contributed by atoms with E-state index in [1.165, 1.54) is 10.8 Å². The molecular weight excluding hydrogens is 440 g/mol. The molecular formula is C25H23ClN4O3. The van der Waals surface area contributed by atoms with Crippen molar-refractivity contribution in [3.63, 3.8) is 0 Å². The van der Waals surface area contributed by atoms with E-state index in [0.717, 1.165) is 17.5 Å². The van der Waals surface area contributed by atoms with E-state index in [1.807, 2.05) is 61.5 Å². The third-order valence-electron chi connectivity index (χ3n) is 5.41. The molecule has 0 radical (unpaired) electrons. The van der Waals surface area contributed by atoms with E-state index < -0.39 is 5.97 Å². The van der Waals surface area contributed by atoms with E-state index >= 15 is 0 Å². The van der Waals surface area contributed by atoms with E-state index in [9.17, 15) is 9.90 Å². The number of benzene rings is 2. The average Bonchev–Trinajstić information content (AvgIpc) is 3.29. The van der Waals surface area contributed by atoms with Gasteiger partial charge in [-0.1, -0.05) is 61.0 Å². The van der Waals surface area contributed by atoms with Crippen LogP contribution in [0.25, 0.3) is 5.65 Å². The summed E-state index contributed by atoms with van der Waals surface area (Å²) in [5.74, 6) is -0.905. The predicted molar refractivity (Wildman–Crippen MR) is 128 cm³/mol. The summed E-state index contributed by atoms with van der Waals surface area (Å²) >= 11 is 6.02. The third kappa shape index (κ3) is 4.73. The summed E-state index contributed by atoms with van der Waals surface area (Å²) in [7, 11) is 0. The van der Waals surface area contributed by atoms with Crippen LogP contribution in [0.5, 0.6) is 5.75 Å². The Labute approximate surface area is 196 Å². The Bertz CT molecular complexity index is 1300. The molecule has 0 bridgehead atoms. The molecule has 33 heavy (non-hydrogen) atoms. The quantitative estimate of drug-likeness (QED) is 0.347. The maximum atomic E-state index is 12.1. The lowest BCUT2D eigenvalue weighted by Crippen LogP contribution is -2.14. The second-order valence-corrected chi connectivity index (χ2v) is 7.98. The van der Waals surface area contributed by atoms with Crippen LogP contribution >= 0.6 is 11.6 Å². The first-order valence-corrected chi connectivity index (χ1v) is 10.9. The van der Waals surface area contributed by atoms with Gasteiger partial charge in [-0.3, -0.25) is 4.99 Å². The van der Waals surface area contributed by atoms with Gasteiger partial charge >= 0.3 is 5.97 Å². The van der Waals surface area contributed by atoms with Gasteiger partial charge in [-0.2, -0.15) is 5.10 Å². The van der Waals surface area contributed by atoms with Crippen molar-refractivity contribution in [2.75, 3.05) is 0 Å². The van der Waals surface area contributed by atoms with Gasteiger partial charge in [-0.25, -0.2) is 14.3 Å². The molecule has 0 saturated heterocycles. The van der Waals surface area contributed by atoms with Crippen molar-refractivity contribution in [3.8, 4) is 5.75 Å². The number of halogens is 1. The number of aromatic carboxylic acids is 1. The summed E-state index contributed by atoms with van der Waals surface area (Å²) in [4.78, 5) is 21.2. The van der Waals surface area contributed by atoms with Crippen LogP contribution in [0.15, 0.2) is 65.9 Å². The summed E-state index contributed by atoms with van der Waals surface area (Å²) in [5, 5.41) is 14.7. The van der Waals surface area contributed by atoms with E-state index in [4.69, 9.17) is 21.3 Å². The minimum absolute atomic E-state index is 0.0715. The number of pyridine rings is 1. The maximum Gasteiger partial charge on any atom is 0.358 e. The second-order valence-electron chi connectivity index (χ2n) is 7.55. The number of rotatable bonds is 8.